The van der Waals surface area contributed by atoms with Crippen molar-refractivity contribution in [1.29, 1.82) is 0 Å². The Morgan fingerprint density at radius 2 is 1.75 bits per heavy atom. The zero-order valence-electron chi connectivity index (χ0n) is 7.88. The normalized spacial score (nSPS) is 12.8. The molecule has 16 heavy (non-hydrogen) atoms. The molecule has 0 amide bonds. The smallest absolute Gasteiger partial charge is 0.0957 e. The van der Waals surface area contributed by atoms with E-state index in [-0.39, 0.29) is 5.38 Å². The van der Waals surface area contributed by atoms with Gasteiger partial charge in [-0.2, -0.15) is 0 Å². The molecule has 0 saturated carbocycles. The fourth-order valence-electron chi connectivity index (χ4n) is 1.33. The Balaban J connectivity index is 2.41. The molecule has 0 aliphatic carbocycles. The molecule has 1 atom stereocenters. The Bertz CT molecular complexity index is 506. The summed E-state index contributed by atoms with van der Waals surface area (Å²) < 4.78 is 0. The highest BCUT2D eigenvalue weighted by Gasteiger charge is 2.18. The lowest BCUT2D eigenvalue weighted by Crippen LogP contribution is -1.92. The third kappa shape index (κ3) is 2.49. The van der Waals surface area contributed by atoms with E-state index in [0.717, 1.165) is 10.4 Å². The van der Waals surface area contributed by atoms with Crippen LogP contribution in [-0.2, 0) is 0 Å². The quantitative estimate of drug-likeness (QED) is 0.593. The Morgan fingerprint density at radius 3 is 2.31 bits per heavy atom. The number of alkyl halides is 1. The van der Waals surface area contributed by atoms with Gasteiger partial charge in [-0.1, -0.05) is 40.9 Å². The molecule has 2 rings (SSSR count). The van der Waals surface area contributed by atoms with Gasteiger partial charge in [-0.25, -0.2) is 0 Å². The predicted molar refractivity (Wildman–Crippen MR) is 73.5 cm³/mol. The summed E-state index contributed by atoms with van der Waals surface area (Å²) >= 11 is 25.8. The average Bonchev–Trinajstić information content (AvgIpc) is 2.63. The van der Waals surface area contributed by atoms with E-state index in [1.165, 1.54) is 11.3 Å². The topological polar surface area (TPSA) is 0 Å². The molecule has 0 saturated heterocycles. The molecule has 0 bridgehead atoms. The van der Waals surface area contributed by atoms with Gasteiger partial charge >= 0.3 is 0 Å². The molecule has 0 aliphatic heterocycles. The highest BCUT2D eigenvalue weighted by atomic mass is 35.5. The first kappa shape index (κ1) is 12.5. The third-order valence-corrected chi connectivity index (χ3v) is 4.68. The van der Waals surface area contributed by atoms with E-state index in [4.69, 9.17) is 46.4 Å². The van der Waals surface area contributed by atoms with Crippen molar-refractivity contribution >= 4 is 57.7 Å². The standard InChI is InChI=1S/C11H6Cl4S/c12-6-1-2-7(9(14)5-6)10(15)11-8(13)3-4-16-11/h1-5,10H. The van der Waals surface area contributed by atoms with Crippen LogP contribution in [0.3, 0.4) is 0 Å². The highest BCUT2D eigenvalue weighted by Crippen LogP contribution is 2.40. The molecule has 1 heterocycles. The van der Waals surface area contributed by atoms with Crippen molar-refractivity contribution in [3.63, 3.8) is 0 Å². The number of benzene rings is 1. The van der Waals surface area contributed by atoms with Crippen molar-refractivity contribution in [1.82, 2.24) is 0 Å². The molecule has 1 aromatic carbocycles. The number of rotatable bonds is 2. The van der Waals surface area contributed by atoms with Crippen molar-refractivity contribution < 1.29 is 0 Å². The Labute approximate surface area is 118 Å². The molecule has 0 fully saturated rings. The number of thiophene rings is 1. The minimum Gasteiger partial charge on any atom is -0.145 e. The summed E-state index contributed by atoms with van der Waals surface area (Å²) in [6.07, 6.45) is 0. The van der Waals surface area contributed by atoms with Crippen LogP contribution >= 0.6 is 57.7 Å². The Kier molecular flexibility index (Phi) is 4.04. The fourth-order valence-corrected chi connectivity index (χ4v) is 3.58. The molecule has 0 nitrogen and oxygen atoms in total. The van der Waals surface area contributed by atoms with E-state index in [0.29, 0.717) is 15.1 Å². The first-order valence-corrected chi connectivity index (χ1v) is 6.86. The van der Waals surface area contributed by atoms with Gasteiger partial charge in [0, 0.05) is 14.9 Å². The molecule has 84 valence electrons. The van der Waals surface area contributed by atoms with Gasteiger partial charge < -0.3 is 0 Å². The summed E-state index contributed by atoms with van der Waals surface area (Å²) in [5, 5.41) is 3.37. The van der Waals surface area contributed by atoms with E-state index in [9.17, 15) is 0 Å². The molecule has 0 spiro atoms. The van der Waals surface area contributed by atoms with Crippen molar-refractivity contribution in [2.75, 3.05) is 0 Å². The van der Waals surface area contributed by atoms with Crippen LogP contribution in [0.1, 0.15) is 15.8 Å². The largest absolute Gasteiger partial charge is 0.145 e. The minimum atomic E-state index is -0.336. The summed E-state index contributed by atoms with van der Waals surface area (Å²) in [4.78, 5) is 0.896. The first-order valence-electron chi connectivity index (χ1n) is 4.41. The maximum Gasteiger partial charge on any atom is 0.0957 e. The van der Waals surface area contributed by atoms with E-state index in [1.807, 2.05) is 17.5 Å². The molecule has 1 aromatic heterocycles. The van der Waals surface area contributed by atoms with E-state index >= 15 is 0 Å². The zero-order chi connectivity index (χ0) is 11.7. The summed E-state index contributed by atoms with van der Waals surface area (Å²) in [6.45, 7) is 0. The fraction of sp³-hybridized carbons (Fsp3) is 0.0909. The second kappa shape index (κ2) is 5.16. The van der Waals surface area contributed by atoms with Gasteiger partial charge in [0.1, 0.15) is 0 Å². The highest BCUT2D eigenvalue weighted by molar-refractivity contribution is 7.11. The second-order valence-corrected chi connectivity index (χ2v) is 5.80. The lowest BCUT2D eigenvalue weighted by molar-refractivity contribution is 1.18. The van der Waals surface area contributed by atoms with Gasteiger partial charge in [0.15, 0.2) is 0 Å². The average molecular weight is 312 g/mol. The lowest BCUT2D eigenvalue weighted by atomic mass is 10.1. The van der Waals surface area contributed by atoms with Crippen molar-refractivity contribution in [2.45, 2.75) is 5.38 Å². The van der Waals surface area contributed by atoms with Gasteiger partial charge in [-0.05, 0) is 29.1 Å². The Morgan fingerprint density at radius 1 is 1.00 bits per heavy atom. The molecule has 0 N–H and O–H groups in total. The van der Waals surface area contributed by atoms with Crippen LogP contribution in [-0.4, -0.2) is 0 Å². The minimum absolute atomic E-state index is 0.336. The third-order valence-electron chi connectivity index (χ3n) is 2.11. The van der Waals surface area contributed by atoms with Gasteiger partial charge in [-0.3, -0.25) is 0 Å². The number of hydrogen-bond acceptors (Lipinski definition) is 1. The van der Waals surface area contributed by atoms with Gasteiger partial charge in [0.25, 0.3) is 0 Å². The van der Waals surface area contributed by atoms with Gasteiger partial charge in [0.2, 0.25) is 0 Å². The molecular formula is C11H6Cl4S. The molecular weight excluding hydrogens is 306 g/mol. The van der Waals surface area contributed by atoms with Crippen molar-refractivity contribution in [3.05, 3.63) is 55.2 Å². The molecule has 1 unspecified atom stereocenters. The predicted octanol–water partition coefficient (Wildman–Crippen LogP) is 6.04. The van der Waals surface area contributed by atoms with Crippen LogP contribution < -0.4 is 0 Å². The van der Waals surface area contributed by atoms with Crippen LogP contribution in [0.25, 0.3) is 0 Å². The van der Waals surface area contributed by atoms with Crippen LogP contribution in [0.15, 0.2) is 29.6 Å². The monoisotopic (exact) mass is 310 g/mol. The first-order chi connectivity index (χ1) is 7.59. The van der Waals surface area contributed by atoms with Crippen LogP contribution in [0.5, 0.6) is 0 Å². The van der Waals surface area contributed by atoms with E-state index in [2.05, 4.69) is 0 Å². The van der Waals surface area contributed by atoms with Crippen LogP contribution in [0.4, 0.5) is 0 Å². The molecule has 5 heteroatoms. The number of hydrogen-bond donors (Lipinski definition) is 0. The molecule has 2 aromatic rings. The Hall–Kier alpha value is 0.0800. The van der Waals surface area contributed by atoms with E-state index < -0.39 is 0 Å². The summed E-state index contributed by atoms with van der Waals surface area (Å²) in [7, 11) is 0. The van der Waals surface area contributed by atoms with Gasteiger partial charge in [0.05, 0.1) is 10.4 Å². The zero-order valence-corrected chi connectivity index (χ0v) is 11.7. The number of halogens is 4. The maximum absolute atomic E-state index is 6.33. The summed E-state index contributed by atoms with van der Waals surface area (Å²) in [5.74, 6) is 0. The van der Waals surface area contributed by atoms with Crippen molar-refractivity contribution in [3.8, 4) is 0 Å². The van der Waals surface area contributed by atoms with Gasteiger partial charge in [-0.15, -0.1) is 22.9 Å². The summed E-state index contributed by atoms with van der Waals surface area (Å²) in [6, 6.07) is 7.08. The molecule has 0 aliphatic rings. The van der Waals surface area contributed by atoms with E-state index in [1.54, 1.807) is 12.1 Å². The van der Waals surface area contributed by atoms with Crippen molar-refractivity contribution in [2.24, 2.45) is 0 Å². The lowest BCUT2D eigenvalue weighted by Gasteiger charge is -2.10. The van der Waals surface area contributed by atoms with Crippen LogP contribution in [0, 0.1) is 0 Å². The summed E-state index contributed by atoms with van der Waals surface area (Å²) in [5.41, 5.74) is 0.817. The second-order valence-electron chi connectivity index (χ2n) is 3.16. The van der Waals surface area contributed by atoms with Crippen LogP contribution in [0.2, 0.25) is 15.1 Å². The SMILES string of the molecule is Clc1ccc(C(Cl)c2sccc2Cl)c(Cl)c1. The molecule has 0 radical (unpaired) electrons. The maximum atomic E-state index is 6.33.